The minimum absolute atomic E-state index is 0.0669. The van der Waals surface area contributed by atoms with Crippen molar-refractivity contribution in [2.45, 2.75) is 24.3 Å². The van der Waals surface area contributed by atoms with Crippen LogP contribution in [0, 0.1) is 5.92 Å². The molecule has 9 rings (SSSR count). The average molecular weight is 746 g/mol. The number of allylic oxidation sites excluding steroid dienone is 14. The zero-order valence-electron chi connectivity index (χ0n) is 32.8. The number of benzene rings is 5. The fraction of sp³-hybridized carbons (Fsp3) is 0.0877. The second-order valence-electron chi connectivity index (χ2n) is 15.4. The second-order valence-corrected chi connectivity index (χ2v) is 15.4. The van der Waals surface area contributed by atoms with E-state index in [9.17, 15) is 0 Å². The van der Waals surface area contributed by atoms with Gasteiger partial charge in [-0.15, -0.1) is 0 Å². The van der Waals surface area contributed by atoms with E-state index in [2.05, 4.69) is 218 Å². The molecule has 0 bridgehead atoms. The molecule has 1 nitrogen and oxygen atoms in total. The SMILES string of the molecule is C=C(/C=C\C=C\N(C(=C)/C=C\C1=CC(c2ccccc2)(c2ccccc2)c2ccccc21)C1C=C(c2ccc3c(c2)=C2C=CC=CC2CC=3)C=CC1)c1ccccc1. The first-order valence-corrected chi connectivity index (χ1v) is 20.3. The zero-order chi connectivity index (χ0) is 39.3. The summed E-state index contributed by atoms with van der Waals surface area (Å²) in [5.74, 6) is 0.450. The van der Waals surface area contributed by atoms with Gasteiger partial charge in [0, 0.05) is 17.8 Å². The van der Waals surface area contributed by atoms with Gasteiger partial charge in [0.25, 0.3) is 0 Å². The third-order valence-electron chi connectivity index (χ3n) is 11.9. The highest BCUT2D eigenvalue weighted by Crippen LogP contribution is 2.50. The zero-order valence-corrected chi connectivity index (χ0v) is 32.8. The van der Waals surface area contributed by atoms with E-state index >= 15 is 0 Å². The Morgan fingerprint density at radius 1 is 0.707 bits per heavy atom. The van der Waals surface area contributed by atoms with Crippen molar-refractivity contribution in [3.8, 4) is 0 Å². The number of fused-ring (bicyclic) bond motifs is 3. The molecular formula is C57H47N. The normalized spacial score (nSPS) is 18.7. The first-order chi connectivity index (χ1) is 28.6. The van der Waals surface area contributed by atoms with Gasteiger partial charge in [0.2, 0.25) is 0 Å². The van der Waals surface area contributed by atoms with Crippen LogP contribution in [0.2, 0.25) is 0 Å². The summed E-state index contributed by atoms with van der Waals surface area (Å²) >= 11 is 0. The minimum Gasteiger partial charge on any atom is -0.341 e. The van der Waals surface area contributed by atoms with Gasteiger partial charge in [-0.2, -0.15) is 0 Å². The Bertz CT molecular complexity index is 2710. The van der Waals surface area contributed by atoms with Crippen LogP contribution in [0.3, 0.4) is 0 Å². The lowest BCUT2D eigenvalue weighted by Crippen LogP contribution is -2.33. The molecule has 280 valence electrons. The maximum atomic E-state index is 4.71. The Morgan fingerprint density at radius 2 is 1.43 bits per heavy atom. The Kier molecular flexibility index (Phi) is 10.3. The standard InChI is InChI=1S/C57H47N/c1-42(44-20-6-3-7-21-44)19-16-17-38-58(52-28-18-23-47(39-52)48-37-36-46-35-34-45-22-12-13-29-53(45)55(46)40-48)43(2)32-33-49-41-57(50-24-8-4-9-25-50,51-26-10-5-11-27-51)56-31-15-14-30-54(49)56/h3-27,29-33,35-41,45,52H,1-2,28,34H2/b19-16-,33-32-,38-17+. The maximum Gasteiger partial charge on any atom is 0.0647 e. The van der Waals surface area contributed by atoms with Gasteiger partial charge >= 0.3 is 0 Å². The van der Waals surface area contributed by atoms with Gasteiger partial charge in [-0.1, -0.05) is 213 Å². The molecule has 0 amide bonds. The fourth-order valence-electron chi connectivity index (χ4n) is 8.95. The molecule has 0 spiro atoms. The van der Waals surface area contributed by atoms with Crippen molar-refractivity contribution in [2.75, 3.05) is 0 Å². The molecule has 0 saturated heterocycles. The van der Waals surface area contributed by atoms with Crippen LogP contribution in [-0.4, -0.2) is 10.9 Å². The molecule has 1 heteroatoms. The summed E-state index contributed by atoms with van der Waals surface area (Å²) in [6.07, 6.45) is 35.6. The summed E-state index contributed by atoms with van der Waals surface area (Å²) in [4.78, 5) is 2.31. The molecule has 0 aliphatic heterocycles. The van der Waals surface area contributed by atoms with Crippen molar-refractivity contribution < 1.29 is 0 Å². The van der Waals surface area contributed by atoms with Crippen LogP contribution < -0.4 is 10.4 Å². The Morgan fingerprint density at radius 3 is 2.21 bits per heavy atom. The van der Waals surface area contributed by atoms with Crippen LogP contribution in [0.4, 0.5) is 0 Å². The minimum atomic E-state index is -0.411. The van der Waals surface area contributed by atoms with Crippen molar-refractivity contribution in [3.05, 3.63) is 281 Å². The number of rotatable bonds is 11. The van der Waals surface area contributed by atoms with E-state index in [4.69, 9.17) is 6.58 Å². The molecule has 0 N–H and O–H groups in total. The molecule has 4 aliphatic carbocycles. The average Bonchev–Trinajstić information content (AvgIpc) is 3.64. The summed E-state index contributed by atoms with van der Waals surface area (Å²) < 4.78 is 0. The van der Waals surface area contributed by atoms with Crippen molar-refractivity contribution >= 4 is 28.4 Å². The van der Waals surface area contributed by atoms with Gasteiger partial charge in [0.1, 0.15) is 0 Å². The van der Waals surface area contributed by atoms with Gasteiger partial charge in [0.05, 0.1) is 11.5 Å². The van der Waals surface area contributed by atoms with E-state index in [0.717, 1.165) is 29.7 Å². The lowest BCUT2D eigenvalue weighted by molar-refractivity contribution is 0.406. The molecule has 4 aliphatic rings. The van der Waals surface area contributed by atoms with Crippen LogP contribution >= 0.6 is 0 Å². The summed E-state index contributed by atoms with van der Waals surface area (Å²) in [6.45, 7) is 9.02. The molecule has 2 unspecified atom stereocenters. The van der Waals surface area contributed by atoms with Crippen LogP contribution in [0.25, 0.3) is 28.4 Å². The van der Waals surface area contributed by atoms with Crippen molar-refractivity contribution in [3.63, 3.8) is 0 Å². The number of hydrogen-bond donors (Lipinski definition) is 0. The van der Waals surface area contributed by atoms with Crippen molar-refractivity contribution in [1.29, 1.82) is 0 Å². The van der Waals surface area contributed by atoms with E-state index in [1.165, 1.54) is 55.0 Å². The molecule has 58 heavy (non-hydrogen) atoms. The van der Waals surface area contributed by atoms with E-state index in [1.54, 1.807) is 0 Å². The molecule has 0 saturated carbocycles. The molecule has 0 radical (unpaired) electrons. The van der Waals surface area contributed by atoms with E-state index in [0.29, 0.717) is 5.92 Å². The third kappa shape index (κ3) is 7.12. The quantitative estimate of drug-likeness (QED) is 0.122. The van der Waals surface area contributed by atoms with E-state index < -0.39 is 5.41 Å². The lowest BCUT2D eigenvalue weighted by atomic mass is 9.71. The summed E-state index contributed by atoms with van der Waals surface area (Å²) in [6, 6.07) is 47.9. The largest absolute Gasteiger partial charge is 0.341 e. The molecule has 5 aromatic carbocycles. The van der Waals surface area contributed by atoms with Crippen LogP contribution in [0.15, 0.2) is 238 Å². The smallest absolute Gasteiger partial charge is 0.0647 e. The number of hydrogen-bond acceptors (Lipinski definition) is 1. The molecular weight excluding hydrogens is 699 g/mol. The van der Waals surface area contributed by atoms with E-state index in [1.807, 2.05) is 18.2 Å². The predicted molar refractivity (Wildman–Crippen MR) is 247 cm³/mol. The Labute approximate surface area is 343 Å². The monoisotopic (exact) mass is 745 g/mol. The highest BCUT2D eigenvalue weighted by atomic mass is 15.1. The van der Waals surface area contributed by atoms with Gasteiger partial charge < -0.3 is 4.90 Å². The first kappa shape index (κ1) is 36.7. The van der Waals surface area contributed by atoms with E-state index in [-0.39, 0.29) is 6.04 Å². The molecule has 0 fully saturated rings. The van der Waals surface area contributed by atoms with Gasteiger partial charge in [-0.25, -0.2) is 0 Å². The van der Waals surface area contributed by atoms with Crippen LogP contribution in [0.5, 0.6) is 0 Å². The fourth-order valence-corrected chi connectivity index (χ4v) is 8.95. The third-order valence-corrected chi connectivity index (χ3v) is 11.9. The number of nitrogens with zero attached hydrogens (tertiary/aromatic N) is 1. The van der Waals surface area contributed by atoms with Crippen LogP contribution in [0.1, 0.15) is 46.2 Å². The molecule has 0 heterocycles. The lowest BCUT2D eigenvalue weighted by Gasteiger charge is -2.31. The van der Waals surface area contributed by atoms with Crippen molar-refractivity contribution in [2.24, 2.45) is 5.92 Å². The molecule has 5 aromatic rings. The van der Waals surface area contributed by atoms with Crippen molar-refractivity contribution in [1.82, 2.24) is 4.90 Å². The van der Waals surface area contributed by atoms with Gasteiger partial charge in [0.15, 0.2) is 0 Å². The maximum absolute atomic E-state index is 4.71. The Hall–Kier alpha value is -6.96. The summed E-state index contributed by atoms with van der Waals surface area (Å²) in [5.41, 5.74) is 12.7. The second kappa shape index (κ2) is 16.3. The predicted octanol–water partition coefficient (Wildman–Crippen LogP) is 12.1. The topological polar surface area (TPSA) is 3.24 Å². The molecule has 0 aromatic heterocycles. The first-order valence-electron chi connectivity index (χ1n) is 20.3. The molecule has 2 atom stereocenters. The van der Waals surface area contributed by atoms with Gasteiger partial charge in [-0.3, -0.25) is 0 Å². The Balaban J connectivity index is 1.08. The highest BCUT2D eigenvalue weighted by Gasteiger charge is 2.40. The van der Waals surface area contributed by atoms with Crippen LogP contribution in [-0.2, 0) is 5.41 Å². The summed E-state index contributed by atoms with van der Waals surface area (Å²) in [7, 11) is 0. The highest BCUT2D eigenvalue weighted by molar-refractivity contribution is 5.87. The summed E-state index contributed by atoms with van der Waals surface area (Å²) in [5, 5.41) is 2.66. The van der Waals surface area contributed by atoms with Gasteiger partial charge in [-0.05, 0) is 97.2 Å².